The average molecular weight is 267 g/mol. The van der Waals surface area contributed by atoms with E-state index in [2.05, 4.69) is 5.32 Å². The van der Waals surface area contributed by atoms with E-state index in [-0.39, 0.29) is 11.8 Å². The molecule has 0 bridgehead atoms. The minimum Gasteiger partial charge on any atom is -0.344 e. The lowest BCUT2D eigenvalue weighted by Crippen LogP contribution is -2.44. The van der Waals surface area contributed by atoms with Crippen LogP contribution in [-0.2, 0) is 9.59 Å². The van der Waals surface area contributed by atoms with Crippen molar-refractivity contribution in [1.82, 2.24) is 5.32 Å². The number of nitrogens with zero attached hydrogens (tertiary/aromatic N) is 1. The normalized spacial score (nSPS) is 20.6. The zero-order valence-corrected chi connectivity index (χ0v) is 10.9. The van der Waals surface area contributed by atoms with E-state index in [0.29, 0.717) is 24.4 Å². The van der Waals surface area contributed by atoms with Gasteiger partial charge in [0.2, 0.25) is 11.8 Å². The molecule has 1 N–H and O–H groups in total. The minimum atomic E-state index is -0.435. The number of hydrogen-bond acceptors (Lipinski definition) is 2. The Morgan fingerprint density at radius 3 is 2.61 bits per heavy atom. The Morgan fingerprint density at radius 2 is 2.00 bits per heavy atom. The predicted molar refractivity (Wildman–Crippen MR) is 70.6 cm³/mol. The number of benzene rings is 1. The molecule has 0 spiro atoms. The Balaban J connectivity index is 2.27. The van der Waals surface area contributed by atoms with Crippen molar-refractivity contribution in [1.29, 1.82) is 0 Å². The van der Waals surface area contributed by atoms with Crippen LogP contribution in [0.15, 0.2) is 24.3 Å². The van der Waals surface area contributed by atoms with Gasteiger partial charge in [-0.1, -0.05) is 18.5 Å². The molecular formula is C13H15ClN2O2. The molecule has 1 aromatic carbocycles. The number of carbonyl (C=O) groups is 2. The molecule has 2 amide bonds. The van der Waals surface area contributed by atoms with Gasteiger partial charge in [0.1, 0.15) is 6.04 Å². The second kappa shape index (κ2) is 5.40. The molecule has 4 nitrogen and oxygen atoms in total. The summed E-state index contributed by atoms with van der Waals surface area (Å²) in [5.41, 5.74) is 0.777. The van der Waals surface area contributed by atoms with Gasteiger partial charge in [-0.3, -0.25) is 9.59 Å². The quantitative estimate of drug-likeness (QED) is 0.890. The highest BCUT2D eigenvalue weighted by molar-refractivity contribution is 6.30. The third kappa shape index (κ3) is 2.64. The third-order valence-electron chi connectivity index (χ3n) is 3.01. The Kier molecular flexibility index (Phi) is 3.87. The highest BCUT2D eigenvalue weighted by Crippen LogP contribution is 2.20. The van der Waals surface area contributed by atoms with E-state index in [1.807, 2.05) is 6.92 Å². The standard InChI is InChI=1S/C13H15ClN2O2/c1-2-11-13(18)16(8-7-12(17)15-11)10-5-3-9(14)4-6-10/h3-6,11H,2,7-8H2,1H3,(H,15,17). The van der Waals surface area contributed by atoms with Gasteiger partial charge in [0.15, 0.2) is 0 Å². The Labute approximate surface area is 111 Å². The highest BCUT2D eigenvalue weighted by atomic mass is 35.5. The van der Waals surface area contributed by atoms with E-state index < -0.39 is 6.04 Å². The maximum atomic E-state index is 12.3. The molecule has 1 aliphatic heterocycles. The number of hydrogen-bond donors (Lipinski definition) is 1. The van der Waals surface area contributed by atoms with Crippen molar-refractivity contribution >= 4 is 29.1 Å². The smallest absolute Gasteiger partial charge is 0.249 e. The minimum absolute atomic E-state index is 0.0642. The predicted octanol–water partition coefficient (Wildman–Crippen LogP) is 1.97. The molecule has 5 heteroatoms. The van der Waals surface area contributed by atoms with E-state index in [4.69, 9.17) is 11.6 Å². The Hall–Kier alpha value is -1.55. The lowest BCUT2D eigenvalue weighted by molar-refractivity contribution is -0.125. The van der Waals surface area contributed by atoms with Crippen molar-refractivity contribution in [2.24, 2.45) is 0 Å². The van der Waals surface area contributed by atoms with Crippen LogP contribution in [0.3, 0.4) is 0 Å². The van der Waals surface area contributed by atoms with E-state index in [9.17, 15) is 9.59 Å². The summed E-state index contributed by atoms with van der Waals surface area (Å²) in [6.07, 6.45) is 0.916. The summed E-state index contributed by atoms with van der Waals surface area (Å²) in [5.74, 6) is -0.141. The summed E-state index contributed by atoms with van der Waals surface area (Å²) in [5, 5.41) is 3.36. The summed E-state index contributed by atoms with van der Waals surface area (Å²) >= 11 is 5.83. The van der Waals surface area contributed by atoms with Crippen LogP contribution in [0.5, 0.6) is 0 Å². The molecule has 1 fully saturated rings. The first-order valence-electron chi connectivity index (χ1n) is 5.98. The second-order valence-electron chi connectivity index (χ2n) is 4.24. The molecule has 0 saturated carbocycles. The van der Waals surface area contributed by atoms with Crippen molar-refractivity contribution in [3.8, 4) is 0 Å². The first kappa shape index (κ1) is 12.9. The first-order valence-corrected chi connectivity index (χ1v) is 6.36. The third-order valence-corrected chi connectivity index (χ3v) is 3.26. The van der Waals surface area contributed by atoms with Crippen LogP contribution in [0.4, 0.5) is 5.69 Å². The van der Waals surface area contributed by atoms with Gasteiger partial charge in [0, 0.05) is 23.7 Å². The molecule has 1 unspecified atom stereocenters. The number of carbonyl (C=O) groups excluding carboxylic acids is 2. The van der Waals surface area contributed by atoms with Gasteiger partial charge in [0.25, 0.3) is 0 Å². The number of nitrogens with one attached hydrogen (secondary N) is 1. The van der Waals surface area contributed by atoms with Crippen molar-refractivity contribution in [3.63, 3.8) is 0 Å². The van der Waals surface area contributed by atoms with Crippen LogP contribution in [0.25, 0.3) is 0 Å². The van der Waals surface area contributed by atoms with E-state index >= 15 is 0 Å². The van der Waals surface area contributed by atoms with Gasteiger partial charge < -0.3 is 10.2 Å². The maximum Gasteiger partial charge on any atom is 0.249 e. The summed E-state index contributed by atoms with van der Waals surface area (Å²) < 4.78 is 0. The Morgan fingerprint density at radius 1 is 1.33 bits per heavy atom. The molecule has 18 heavy (non-hydrogen) atoms. The van der Waals surface area contributed by atoms with Crippen LogP contribution in [0.1, 0.15) is 19.8 Å². The van der Waals surface area contributed by atoms with Crippen LogP contribution < -0.4 is 10.2 Å². The van der Waals surface area contributed by atoms with Gasteiger partial charge >= 0.3 is 0 Å². The first-order chi connectivity index (χ1) is 8.61. The van der Waals surface area contributed by atoms with Crippen LogP contribution >= 0.6 is 11.6 Å². The largest absolute Gasteiger partial charge is 0.344 e. The van der Waals surface area contributed by atoms with Crippen LogP contribution in [0, 0.1) is 0 Å². The SMILES string of the molecule is CCC1NC(=O)CCN(c2ccc(Cl)cc2)C1=O. The molecule has 1 aromatic rings. The topological polar surface area (TPSA) is 49.4 Å². The number of amides is 2. The molecule has 2 rings (SSSR count). The number of rotatable bonds is 2. The van der Waals surface area contributed by atoms with Crippen molar-refractivity contribution in [2.45, 2.75) is 25.8 Å². The fourth-order valence-corrected chi connectivity index (χ4v) is 2.12. The van der Waals surface area contributed by atoms with Crippen molar-refractivity contribution < 1.29 is 9.59 Å². The molecule has 0 radical (unpaired) electrons. The highest BCUT2D eigenvalue weighted by Gasteiger charge is 2.29. The molecule has 96 valence electrons. The molecule has 1 heterocycles. The molecule has 1 aliphatic rings. The zero-order chi connectivity index (χ0) is 13.1. The lowest BCUT2D eigenvalue weighted by atomic mass is 10.2. The molecule has 0 aromatic heterocycles. The van der Waals surface area contributed by atoms with Gasteiger partial charge in [-0.15, -0.1) is 0 Å². The zero-order valence-electron chi connectivity index (χ0n) is 10.1. The summed E-state index contributed by atoms with van der Waals surface area (Å²) in [6, 6.07) is 6.64. The van der Waals surface area contributed by atoms with Gasteiger partial charge in [0.05, 0.1) is 0 Å². The van der Waals surface area contributed by atoms with Gasteiger partial charge in [-0.25, -0.2) is 0 Å². The fourth-order valence-electron chi connectivity index (χ4n) is 1.99. The van der Waals surface area contributed by atoms with E-state index in [1.54, 1.807) is 29.2 Å². The summed E-state index contributed by atoms with van der Waals surface area (Å²) in [7, 11) is 0. The summed E-state index contributed by atoms with van der Waals surface area (Å²) in [6.45, 7) is 2.29. The average Bonchev–Trinajstić information content (AvgIpc) is 2.51. The number of halogens is 1. The fraction of sp³-hybridized carbons (Fsp3) is 0.385. The molecule has 1 saturated heterocycles. The molecule has 1 atom stereocenters. The second-order valence-corrected chi connectivity index (χ2v) is 4.68. The molecular weight excluding hydrogens is 252 g/mol. The van der Waals surface area contributed by atoms with Crippen LogP contribution in [-0.4, -0.2) is 24.4 Å². The van der Waals surface area contributed by atoms with Crippen LogP contribution in [0.2, 0.25) is 5.02 Å². The van der Waals surface area contributed by atoms with Crippen molar-refractivity contribution in [2.75, 3.05) is 11.4 Å². The lowest BCUT2D eigenvalue weighted by Gasteiger charge is -2.23. The summed E-state index contributed by atoms with van der Waals surface area (Å²) in [4.78, 5) is 25.4. The Bertz CT molecular complexity index is 459. The number of anilines is 1. The van der Waals surface area contributed by atoms with Gasteiger partial charge in [-0.2, -0.15) is 0 Å². The van der Waals surface area contributed by atoms with Gasteiger partial charge in [-0.05, 0) is 30.7 Å². The van der Waals surface area contributed by atoms with E-state index in [0.717, 1.165) is 5.69 Å². The monoisotopic (exact) mass is 266 g/mol. The van der Waals surface area contributed by atoms with E-state index in [1.165, 1.54) is 0 Å². The maximum absolute atomic E-state index is 12.3. The van der Waals surface area contributed by atoms with Crippen molar-refractivity contribution in [3.05, 3.63) is 29.3 Å². The molecule has 0 aliphatic carbocycles.